The van der Waals surface area contributed by atoms with Crippen LogP contribution in [0.1, 0.15) is 143 Å². The summed E-state index contributed by atoms with van der Waals surface area (Å²) in [6.07, 6.45) is 4.75. The van der Waals surface area contributed by atoms with E-state index in [2.05, 4.69) is 37.4 Å². The average Bonchev–Trinajstić information content (AvgIpc) is 0.824. The van der Waals surface area contributed by atoms with Gasteiger partial charge in [0, 0.05) is 82.6 Å². The van der Waals surface area contributed by atoms with Crippen molar-refractivity contribution in [2.45, 2.75) is 118 Å². The Hall–Kier alpha value is -16.4. The number of ether oxygens (including phenoxy) is 4. The fraction of sp³-hybridized carbons (Fsp3) is 0.304. The minimum absolute atomic E-state index is 0. The molecule has 12 aromatic carbocycles. The van der Waals surface area contributed by atoms with Gasteiger partial charge in [0.25, 0.3) is 11.8 Å². The SMILES string of the molecule is C.Cc1ccc(CCNC(=O)CCOCC(COCCC(=O)NCCc2ccc(O)c(O)c2)(COCCC(=O)NCCc2ccc(O)c(O)c2)COCCC(=O)NCCc2ccc(O)c(O)c2)cc1O.Cc1ccc(CCNC(=O)c2cc(CONCCc3ccc(O)c(O)c3)cc(C(=O)NCCc3ccc(O)c(O)c3)c2)cc1O.Oc1ccc(Cc2cc(Cc3ccc(O)c(O)c3)cc(Cc3ccc(O)c(O)c3)c2)cc1O. The second-order valence-electron chi connectivity index (χ2n) is 35.5. The summed E-state index contributed by atoms with van der Waals surface area (Å²) < 4.78 is 24.2. The normalized spacial score (nSPS) is 11.0. The van der Waals surface area contributed by atoms with Crippen LogP contribution in [0.15, 0.2) is 218 Å². The number of phenolic OH excluding ortho intramolecular Hbond substituents is 18. The fourth-order valence-electron chi connectivity index (χ4n) is 15.2. The lowest BCUT2D eigenvalue weighted by Crippen LogP contribution is -2.43. The summed E-state index contributed by atoms with van der Waals surface area (Å²) in [4.78, 5) is 82.7. The van der Waals surface area contributed by atoms with Gasteiger partial charge in [0.1, 0.15) is 11.5 Å². The number of rotatable bonds is 52. The Kier molecular flexibility index (Phi) is 45.6. The van der Waals surface area contributed by atoms with E-state index >= 15 is 0 Å². The van der Waals surface area contributed by atoms with E-state index in [1.807, 2.05) is 36.4 Å². The van der Waals surface area contributed by atoms with E-state index in [0.717, 1.165) is 66.8 Å². The monoisotopic (exact) mass is 2040 g/mol. The van der Waals surface area contributed by atoms with Crippen LogP contribution in [0.3, 0.4) is 0 Å². The molecule has 36 heteroatoms. The van der Waals surface area contributed by atoms with Crippen molar-refractivity contribution in [1.29, 1.82) is 0 Å². The third-order valence-electron chi connectivity index (χ3n) is 23.4. The molecule has 0 aliphatic carbocycles. The van der Waals surface area contributed by atoms with Gasteiger partial charge in [0.15, 0.2) is 92.0 Å². The molecule has 0 radical (unpaired) electrons. The zero-order valence-corrected chi connectivity index (χ0v) is 81.5. The molecule has 0 saturated heterocycles. The van der Waals surface area contributed by atoms with Gasteiger partial charge in [-0.2, -0.15) is 0 Å². The van der Waals surface area contributed by atoms with Crippen LogP contribution in [-0.2, 0) is 114 Å². The number of aryl methyl sites for hydroxylation is 2. The average molecular weight is 2040 g/mol. The molecular weight excluding hydrogens is 1910 g/mol. The number of carbonyl (C=O) groups excluding carboxylic acids is 6. The first-order chi connectivity index (χ1) is 70.5. The van der Waals surface area contributed by atoms with Crippen LogP contribution in [0.5, 0.6) is 103 Å². The summed E-state index contributed by atoms with van der Waals surface area (Å²) in [6.45, 7) is 5.63. The molecule has 12 rings (SSSR count). The van der Waals surface area contributed by atoms with Gasteiger partial charge in [-0.15, -0.1) is 0 Å². The number of hydrogen-bond acceptors (Lipinski definition) is 30. The maximum Gasteiger partial charge on any atom is 0.251 e. The van der Waals surface area contributed by atoms with Crippen LogP contribution in [-0.4, -0.2) is 226 Å². The smallest absolute Gasteiger partial charge is 0.251 e. The minimum atomic E-state index is -1.05. The molecule has 788 valence electrons. The first kappa shape index (κ1) is 115. The van der Waals surface area contributed by atoms with Gasteiger partial charge in [-0.05, 0) is 294 Å². The molecule has 0 unspecified atom stereocenters. The number of benzene rings is 12. The van der Waals surface area contributed by atoms with E-state index in [1.54, 1.807) is 92.7 Å². The predicted molar refractivity (Wildman–Crippen MR) is 551 cm³/mol. The first-order valence-corrected chi connectivity index (χ1v) is 47.6. The number of hydroxylamine groups is 1. The second-order valence-corrected chi connectivity index (χ2v) is 35.5. The number of carbonyl (C=O) groups is 6. The van der Waals surface area contributed by atoms with Crippen molar-refractivity contribution in [2.75, 3.05) is 98.7 Å². The van der Waals surface area contributed by atoms with Gasteiger partial charge in [-0.25, -0.2) is 5.48 Å². The molecule has 148 heavy (non-hydrogen) atoms. The highest BCUT2D eigenvalue weighted by atomic mass is 16.6. The van der Waals surface area contributed by atoms with Crippen LogP contribution in [0.4, 0.5) is 0 Å². The molecule has 0 bridgehead atoms. The van der Waals surface area contributed by atoms with Crippen molar-refractivity contribution in [3.05, 3.63) is 319 Å². The molecule has 0 fully saturated rings. The molecule has 0 aromatic heterocycles. The molecule has 6 amide bonds. The van der Waals surface area contributed by atoms with Crippen molar-refractivity contribution in [2.24, 2.45) is 5.41 Å². The topological polar surface area (TPSA) is 597 Å². The maximum absolute atomic E-state index is 13.1. The van der Waals surface area contributed by atoms with Crippen LogP contribution in [0.25, 0.3) is 0 Å². The Balaban J connectivity index is 0.000000264. The van der Waals surface area contributed by atoms with Crippen molar-refractivity contribution < 1.29 is 144 Å². The van der Waals surface area contributed by atoms with Crippen molar-refractivity contribution in [3.8, 4) is 103 Å². The van der Waals surface area contributed by atoms with E-state index in [-0.39, 0.29) is 263 Å². The van der Waals surface area contributed by atoms with Gasteiger partial charge in [0.05, 0.1) is 64.9 Å². The molecule has 0 aliphatic rings. The Morgan fingerprint density at radius 3 is 0.689 bits per heavy atom. The molecule has 12 aromatic rings. The lowest BCUT2D eigenvalue weighted by atomic mass is 9.92. The van der Waals surface area contributed by atoms with E-state index in [4.69, 9.17) is 23.8 Å². The highest BCUT2D eigenvalue weighted by Gasteiger charge is 2.34. The number of nitrogens with one attached hydrogen (secondary N) is 7. The second kappa shape index (κ2) is 58.5. The van der Waals surface area contributed by atoms with Gasteiger partial charge in [-0.3, -0.25) is 33.6 Å². The summed E-state index contributed by atoms with van der Waals surface area (Å²) in [5.41, 5.74) is 15.3. The lowest BCUT2D eigenvalue weighted by Gasteiger charge is -2.33. The third kappa shape index (κ3) is 39.3. The molecular formula is C112H131N7O29. The third-order valence-corrected chi connectivity index (χ3v) is 23.4. The number of phenols is 18. The summed E-state index contributed by atoms with van der Waals surface area (Å²) in [5.74, 6) is -4.94. The van der Waals surface area contributed by atoms with E-state index in [0.29, 0.717) is 106 Å². The molecule has 0 aliphatic heterocycles. The number of amides is 6. The zero-order valence-electron chi connectivity index (χ0n) is 81.5. The van der Waals surface area contributed by atoms with Crippen LogP contribution >= 0.6 is 0 Å². The fourth-order valence-corrected chi connectivity index (χ4v) is 15.2. The highest BCUT2D eigenvalue weighted by Crippen LogP contribution is 2.35. The maximum atomic E-state index is 13.1. The van der Waals surface area contributed by atoms with Crippen LogP contribution < -0.4 is 37.4 Å². The van der Waals surface area contributed by atoms with E-state index in [1.165, 1.54) is 103 Å². The standard InChI is InChI=1S/C50H66N4O15.C34H37N3O8.C27H24O6.CH4/c1-34-2-3-35(26-42(34)58)10-18-51-46(62)14-22-66-30-50(31-67-23-15-47(63)52-19-11-36-4-7-39(55)43(59)27-36,32-68-24-16-48(64)53-20-12-37-5-8-40(56)44(60)28-37)33-69-25-17-49(65)54-21-13-38-6-9-41(57)45(61)29-38;1-21-2-3-22(16-30(21)40)8-11-35-33(43)26-14-25(20-45-37-13-10-24-5-7-29(39)32(42)18-24)15-27(19-26)34(44)36-12-9-23-4-6-28(38)31(41)17-23;28-22-4-1-16(13-25(22)31)7-19-10-20(8-17-2-5-23(29)26(32)14-17)12-21(11-19)9-18-3-6-24(30)27(33)15-18;/h2-9,26-29,55-61H,10-25,30-33H2,1H3,(H,51,62)(H,52,63)(H,53,64)(H,54,65);2-7,14-19,37-42H,8-13,20H2,1H3,(H,35,43)(H,36,44);1-6,10-15,28-33H,7-9H2;1H4. The summed E-state index contributed by atoms with van der Waals surface area (Å²) in [7, 11) is 0. The molecule has 0 heterocycles. The lowest BCUT2D eigenvalue weighted by molar-refractivity contribution is -0.129. The van der Waals surface area contributed by atoms with Crippen molar-refractivity contribution in [1.82, 2.24) is 37.4 Å². The van der Waals surface area contributed by atoms with Gasteiger partial charge < -0.3 is 143 Å². The van der Waals surface area contributed by atoms with Crippen molar-refractivity contribution >= 4 is 35.4 Å². The van der Waals surface area contributed by atoms with E-state index in [9.17, 15) is 121 Å². The molecule has 0 saturated carbocycles. The van der Waals surface area contributed by atoms with E-state index < -0.39 is 11.3 Å². The Morgan fingerprint density at radius 2 is 0.446 bits per heavy atom. The van der Waals surface area contributed by atoms with Gasteiger partial charge in [-0.1, -0.05) is 98.4 Å². The highest BCUT2D eigenvalue weighted by molar-refractivity contribution is 6.00. The first-order valence-electron chi connectivity index (χ1n) is 47.6. The molecule has 0 spiro atoms. The number of hydrogen-bond donors (Lipinski definition) is 25. The number of aromatic hydroxyl groups is 18. The molecule has 0 atom stereocenters. The summed E-state index contributed by atoms with van der Waals surface area (Å²) in [6, 6.07) is 58.1. The zero-order chi connectivity index (χ0) is 106. The Morgan fingerprint density at radius 1 is 0.230 bits per heavy atom. The summed E-state index contributed by atoms with van der Waals surface area (Å²) in [5, 5.41) is 192. The van der Waals surface area contributed by atoms with Gasteiger partial charge >= 0.3 is 0 Å². The van der Waals surface area contributed by atoms with Gasteiger partial charge in [0.2, 0.25) is 23.6 Å². The quantitative estimate of drug-likeness (QED) is 0.00956. The minimum Gasteiger partial charge on any atom is -0.508 e. The van der Waals surface area contributed by atoms with Crippen LogP contribution in [0.2, 0.25) is 0 Å². The van der Waals surface area contributed by atoms with Crippen LogP contribution in [0, 0.1) is 19.3 Å². The largest absolute Gasteiger partial charge is 0.508 e. The summed E-state index contributed by atoms with van der Waals surface area (Å²) >= 11 is 0. The van der Waals surface area contributed by atoms with Crippen molar-refractivity contribution in [3.63, 3.8) is 0 Å². The molecule has 25 N–H and O–H groups in total. The molecule has 36 nitrogen and oxygen atoms in total. The Labute approximate surface area is 856 Å². The predicted octanol–water partition coefficient (Wildman–Crippen LogP) is 12.3. The Bertz CT molecular complexity index is 5860.